The van der Waals surface area contributed by atoms with E-state index in [9.17, 15) is 8.42 Å². The fourth-order valence-electron chi connectivity index (χ4n) is 1.81. The molecule has 0 bridgehead atoms. The van der Waals surface area contributed by atoms with Gasteiger partial charge in [-0.05, 0) is 52.7 Å². The monoisotopic (exact) mass is 355 g/mol. The molecule has 0 radical (unpaired) electrons. The summed E-state index contributed by atoms with van der Waals surface area (Å²) in [6.07, 6.45) is 1.71. The van der Waals surface area contributed by atoms with E-state index in [-0.39, 0.29) is 4.90 Å². The minimum absolute atomic E-state index is 0.131. The second kappa shape index (κ2) is 5.90. The Balaban J connectivity index is 2.20. The fourth-order valence-corrected chi connectivity index (χ4v) is 2.85. The minimum Gasteiger partial charge on any atom is -0.379 e. The lowest BCUT2D eigenvalue weighted by atomic mass is 10.2. The van der Waals surface area contributed by atoms with Crippen molar-refractivity contribution in [1.82, 2.24) is 4.98 Å². The summed E-state index contributed by atoms with van der Waals surface area (Å²) in [5.41, 5.74) is 2.18. The van der Waals surface area contributed by atoms with Crippen molar-refractivity contribution < 1.29 is 8.42 Å². The second-order valence-corrected chi connectivity index (χ2v) is 6.74. The number of hydrogen-bond acceptors (Lipinski definition) is 4. The maximum absolute atomic E-state index is 11.5. The molecule has 0 atom stereocenters. The van der Waals surface area contributed by atoms with Crippen LogP contribution in [0.5, 0.6) is 0 Å². The molecule has 2 aromatic rings. The number of hydrogen-bond donors (Lipinski definition) is 2. The van der Waals surface area contributed by atoms with Crippen LogP contribution in [0.2, 0.25) is 0 Å². The lowest BCUT2D eigenvalue weighted by molar-refractivity contribution is 0.597. The summed E-state index contributed by atoms with van der Waals surface area (Å²) < 4.78 is 23.8. The van der Waals surface area contributed by atoms with Crippen LogP contribution >= 0.6 is 15.9 Å². The van der Waals surface area contributed by atoms with Crippen LogP contribution in [-0.4, -0.2) is 13.4 Å². The molecule has 0 amide bonds. The Kier molecular flexibility index (Phi) is 4.42. The van der Waals surface area contributed by atoms with Crippen molar-refractivity contribution in [2.75, 3.05) is 5.32 Å². The smallest absolute Gasteiger partial charge is 0.238 e. The SMILES string of the molecule is Cc1c(NCc2ccc(Br)cn2)cccc1S(N)(=O)=O. The topological polar surface area (TPSA) is 85.1 Å². The molecule has 3 N–H and O–H groups in total. The number of halogens is 1. The molecule has 0 unspecified atom stereocenters. The summed E-state index contributed by atoms with van der Waals surface area (Å²) in [5, 5.41) is 8.34. The molecule has 20 heavy (non-hydrogen) atoms. The van der Waals surface area contributed by atoms with Gasteiger partial charge < -0.3 is 5.32 Å². The van der Waals surface area contributed by atoms with Gasteiger partial charge >= 0.3 is 0 Å². The van der Waals surface area contributed by atoms with Gasteiger partial charge in [0.2, 0.25) is 10.0 Å². The first kappa shape index (κ1) is 15.0. The normalized spacial score (nSPS) is 11.3. The maximum atomic E-state index is 11.5. The van der Waals surface area contributed by atoms with Gasteiger partial charge in [-0.2, -0.15) is 0 Å². The van der Waals surface area contributed by atoms with Crippen molar-refractivity contribution in [2.24, 2.45) is 5.14 Å². The highest BCUT2D eigenvalue weighted by Gasteiger charge is 2.13. The third-order valence-corrected chi connectivity index (χ3v) is 4.36. The molecule has 1 aromatic carbocycles. The van der Waals surface area contributed by atoms with Crippen LogP contribution in [0.15, 0.2) is 45.9 Å². The van der Waals surface area contributed by atoms with Crippen molar-refractivity contribution in [1.29, 1.82) is 0 Å². The number of nitrogens with one attached hydrogen (secondary N) is 1. The molecule has 0 saturated carbocycles. The molecular formula is C13H14BrN3O2S. The van der Waals surface area contributed by atoms with Crippen LogP contribution in [0.1, 0.15) is 11.3 Å². The van der Waals surface area contributed by atoms with Crippen LogP contribution < -0.4 is 10.5 Å². The van der Waals surface area contributed by atoms with Gasteiger partial charge in [0.1, 0.15) is 0 Å². The Hall–Kier alpha value is -1.44. The standard InChI is InChI=1S/C13H14BrN3O2S/c1-9-12(3-2-4-13(9)20(15,18)19)17-8-11-6-5-10(14)7-16-11/h2-7,17H,8H2,1H3,(H2,15,18,19). The van der Waals surface area contributed by atoms with Crippen molar-refractivity contribution in [3.05, 3.63) is 52.3 Å². The summed E-state index contributed by atoms with van der Waals surface area (Å²) in [7, 11) is -3.71. The number of sulfonamides is 1. The first-order valence-corrected chi connectivity index (χ1v) is 8.18. The summed E-state index contributed by atoms with van der Waals surface area (Å²) in [5.74, 6) is 0. The number of benzene rings is 1. The molecule has 0 aliphatic heterocycles. The Morgan fingerprint density at radius 2 is 2.05 bits per heavy atom. The molecule has 0 saturated heterocycles. The summed E-state index contributed by atoms with van der Waals surface area (Å²) in [4.78, 5) is 4.37. The number of anilines is 1. The minimum atomic E-state index is -3.71. The van der Waals surface area contributed by atoms with Crippen LogP contribution in [-0.2, 0) is 16.6 Å². The number of pyridine rings is 1. The quantitative estimate of drug-likeness (QED) is 0.881. The molecule has 7 heteroatoms. The molecule has 0 aliphatic carbocycles. The summed E-state index contributed by atoms with van der Waals surface area (Å²) in [6, 6.07) is 8.74. The zero-order chi connectivity index (χ0) is 14.8. The van der Waals surface area contributed by atoms with E-state index in [0.29, 0.717) is 12.1 Å². The van der Waals surface area contributed by atoms with Crippen molar-refractivity contribution in [3.8, 4) is 0 Å². The van der Waals surface area contributed by atoms with Gasteiger partial charge in [-0.15, -0.1) is 0 Å². The second-order valence-electron chi connectivity index (χ2n) is 4.30. The first-order chi connectivity index (χ1) is 9.38. The van der Waals surface area contributed by atoms with E-state index in [1.54, 1.807) is 19.2 Å². The van der Waals surface area contributed by atoms with Crippen LogP contribution in [0.25, 0.3) is 0 Å². The number of rotatable bonds is 4. The van der Waals surface area contributed by atoms with Gasteiger partial charge in [-0.1, -0.05) is 6.07 Å². The number of nitrogens with two attached hydrogens (primary N) is 1. The fraction of sp³-hybridized carbons (Fsp3) is 0.154. The zero-order valence-electron chi connectivity index (χ0n) is 10.8. The first-order valence-electron chi connectivity index (χ1n) is 5.84. The number of primary sulfonamides is 1. The molecule has 0 aliphatic rings. The predicted octanol–water partition coefficient (Wildman–Crippen LogP) is 2.41. The van der Waals surface area contributed by atoms with Crippen molar-refractivity contribution >= 4 is 31.6 Å². The van der Waals surface area contributed by atoms with E-state index in [1.807, 2.05) is 18.2 Å². The molecule has 1 aromatic heterocycles. The van der Waals surface area contributed by atoms with Crippen molar-refractivity contribution in [3.63, 3.8) is 0 Å². The summed E-state index contributed by atoms with van der Waals surface area (Å²) in [6.45, 7) is 2.22. The Morgan fingerprint density at radius 3 is 2.65 bits per heavy atom. The van der Waals surface area contributed by atoms with E-state index in [1.165, 1.54) is 6.07 Å². The van der Waals surface area contributed by atoms with Gasteiger partial charge in [0.05, 0.1) is 17.1 Å². The highest BCUT2D eigenvalue weighted by molar-refractivity contribution is 9.10. The molecule has 106 valence electrons. The van der Waals surface area contributed by atoms with Crippen molar-refractivity contribution in [2.45, 2.75) is 18.4 Å². The third kappa shape index (κ3) is 3.56. The van der Waals surface area contributed by atoms with Gasteiger partial charge in [0, 0.05) is 16.4 Å². The van der Waals surface area contributed by atoms with E-state index in [0.717, 1.165) is 15.9 Å². The van der Waals surface area contributed by atoms with Crippen LogP contribution in [0.4, 0.5) is 5.69 Å². The Labute approximate surface area is 126 Å². The maximum Gasteiger partial charge on any atom is 0.238 e. The lowest BCUT2D eigenvalue weighted by Crippen LogP contribution is -2.14. The molecule has 0 fully saturated rings. The van der Waals surface area contributed by atoms with Crippen LogP contribution in [0, 0.1) is 6.92 Å². The molecule has 1 heterocycles. The van der Waals surface area contributed by atoms with E-state index in [2.05, 4.69) is 26.2 Å². The average molecular weight is 356 g/mol. The average Bonchev–Trinajstić information content (AvgIpc) is 2.38. The highest BCUT2D eigenvalue weighted by Crippen LogP contribution is 2.22. The zero-order valence-corrected chi connectivity index (χ0v) is 13.2. The lowest BCUT2D eigenvalue weighted by Gasteiger charge is -2.12. The highest BCUT2D eigenvalue weighted by atomic mass is 79.9. The number of aromatic nitrogens is 1. The summed E-state index contributed by atoms with van der Waals surface area (Å²) >= 11 is 3.32. The largest absolute Gasteiger partial charge is 0.379 e. The Bertz CT molecular complexity index is 715. The predicted molar refractivity (Wildman–Crippen MR) is 81.8 cm³/mol. The van der Waals surface area contributed by atoms with Gasteiger partial charge in [0.25, 0.3) is 0 Å². The van der Waals surface area contributed by atoms with Crippen LogP contribution in [0.3, 0.4) is 0 Å². The molecule has 0 spiro atoms. The third-order valence-electron chi connectivity index (χ3n) is 2.84. The van der Waals surface area contributed by atoms with E-state index >= 15 is 0 Å². The van der Waals surface area contributed by atoms with Gasteiger partial charge in [-0.25, -0.2) is 13.6 Å². The van der Waals surface area contributed by atoms with E-state index < -0.39 is 10.0 Å². The van der Waals surface area contributed by atoms with Gasteiger partial charge in [-0.3, -0.25) is 4.98 Å². The molecule has 2 rings (SSSR count). The molecule has 5 nitrogen and oxygen atoms in total. The number of nitrogens with zero attached hydrogens (tertiary/aromatic N) is 1. The molecular weight excluding hydrogens is 342 g/mol. The van der Waals surface area contributed by atoms with E-state index in [4.69, 9.17) is 5.14 Å². The van der Waals surface area contributed by atoms with Gasteiger partial charge in [0.15, 0.2) is 0 Å². The Morgan fingerprint density at radius 1 is 1.30 bits per heavy atom.